The Hall–Kier alpha value is -3.78. The lowest BCUT2D eigenvalue weighted by Crippen LogP contribution is -2.44. The molecule has 1 aromatic carbocycles. The number of nitrogens with one attached hydrogen (secondary N) is 2. The van der Waals surface area contributed by atoms with Crippen molar-refractivity contribution in [2.75, 3.05) is 11.5 Å². The van der Waals surface area contributed by atoms with Crippen molar-refractivity contribution in [3.05, 3.63) is 36.7 Å². The predicted octanol–water partition coefficient (Wildman–Crippen LogP) is 4.92. The molecule has 2 atom stereocenters. The standard InChI is InChI=1S/C28H34N4O8S2/c1-27(2,3)39-25(37)31-19(23(33)34)13-41-17-9-15-7-8-16-10-18(12-30-22(16)21(15)29-11-17)42-14-20(24(35)36)32-26(38)40-28(4,5)6/h7-12,19-20H,13-14H2,1-6H3,(H,31,37)(H,32,38)(H,33,34)(H,35,36)/t19-,20-/m0/s1. The fraction of sp³-hybridized carbons (Fsp3) is 0.429. The van der Waals surface area contributed by atoms with E-state index in [4.69, 9.17) is 9.47 Å². The predicted molar refractivity (Wildman–Crippen MR) is 160 cm³/mol. The van der Waals surface area contributed by atoms with Crippen molar-refractivity contribution in [1.29, 1.82) is 0 Å². The first kappa shape index (κ1) is 32.7. The zero-order chi connectivity index (χ0) is 31.2. The number of carboxylic acid groups (broad SMARTS) is 2. The number of pyridine rings is 2. The smallest absolute Gasteiger partial charge is 0.408 e. The number of hydrogen-bond acceptors (Lipinski definition) is 10. The highest BCUT2D eigenvalue weighted by Gasteiger charge is 2.25. The number of amides is 2. The van der Waals surface area contributed by atoms with E-state index in [9.17, 15) is 29.4 Å². The molecule has 0 spiro atoms. The second kappa shape index (κ2) is 13.5. The Kier molecular flexibility index (Phi) is 10.5. The molecule has 4 N–H and O–H groups in total. The maximum atomic E-state index is 12.0. The third-order valence-corrected chi connectivity index (χ3v) is 7.38. The van der Waals surface area contributed by atoms with Gasteiger partial charge in [0.1, 0.15) is 23.3 Å². The number of rotatable bonds is 10. The maximum Gasteiger partial charge on any atom is 0.408 e. The Morgan fingerprint density at radius 3 is 1.40 bits per heavy atom. The van der Waals surface area contributed by atoms with E-state index in [1.807, 2.05) is 24.3 Å². The summed E-state index contributed by atoms with van der Waals surface area (Å²) in [4.78, 5) is 57.9. The minimum absolute atomic E-state index is 0.0638. The highest BCUT2D eigenvalue weighted by molar-refractivity contribution is 7.99. The number of carboxylic acids is 2. The second-order valence-electron chi connectivity index (χ2n) is 11.2. The highest BCUT2D eigenvalue weighted by Crippen LogP contribution is 2.29. The third-order valence-electron chi connectivity index (χ3n) is 5.26. The largest absolute Gasteiger partial charge is 0.480 e. The molecule has 0 aliphatic heterocycles. The first-order chi connectivity index (χ1) is 19.5. The molecule has 0 saturated carbocycles. The van der Waals surface area contributed by atoms with Crippen molar-refractivity contribution in [3.63, 3.8) is 0 Å². The normalized spacial score (nSPS) is 13.3. The Labute approximate surface area is 251 Å². The van der Waals surface area contributed by atoms with Crippen LogP contribution in [0.3, 0.4) is 0 Å². The minimum Gasteiger partial charge on any atom is -0.480 e. The van der Waals surface area contributed by atoms with Crippen LogP contribution in [0.4, 0.5) is 9.59 Å². The Balaban J connectivity index is 1.69. The fourth-order valence-electron chi connectivity index (χ4n) is 3.52. The summed E-state index contributed by atoms with van der Waals surface area (Å²) in [5.41, 5.74) is -0.215. The monoisotopic (exact) mass is 618 g/mol. The van der Waals surface area contributed by atoms with Gasteiger partial charge in [-0.25, -0.2) is 19.2 Å². The van der Waals surface area contributed by atoms with Crippen LogP contribution in [0, 0.1) is 0 Å². The molecule has 226 valence electrons. The summed E-state index contributed by atoms with van der Waals surface area (Å²) < 4.78 is 10.3. The van der Waals surface area contributed by atoms with Crippen LogP contribution in [0.25, 0.3) is 21.8 Å². The molecular formula is C28H34N4O8S2. The van der Waals surface area contributed by atoms with E-state index in [1.165, 1.54) is 23.5 Å². The summed E-state index contributed by atoms with van der Waals surface area (Å²) in [6.45, 7) is 10.2. The van der Waals surface area contributed by atoms with Gasteiger partial charge in [-0.2, -0.15) is 0 Å². The van der Waals surface area contributed by atoms with Crippen LogP contribution in [0.15, 0.2) is 46.5 Å². The van der Waals surface area contributed by atoms with Crippen LogP contribution in [0.2, 0.25) is 0 Å². The van der Waals surface area contributed by atoms with Gasteiger partial charge in [-0.15, -0.1) is 23.5 Å². The summed E-state index contributed by atoms with van der Waals surface area (Å²) >= 11 is 2.47. The number of aromatic nitrogens is 2. The molecule has 2 amide bonds. The van der Waals surface area contributed by atoms with Gasteiger partial charge in [-0.3, -0.25) is 9.97 Å². The molecule has 3 rings (SSSR count). The van der Waals surface area contributed by atoms with Gasteiger partial charge in [0.05, 0.1) is 11.0 Å². The molecule has 0 unspecified atom stereocenters. The van der Waals surface area contributed by atoms with Gasteiger partial charge in [-0.05, 0) is 53.7 Å². The summed E-state index contributed by atoms with van der Waals surface area (Å²) in [6, 6.07) is 5.14. The number of carbonyl (C=O) groups excluding carboxylic acids is 2. The average molecular weight is 619 g/mol. The molecule has 0 radical (unpaired) electrons. The summed E-state index contributed by atoms with van der Waals surface area (Å²) in [7, 11) is 0. The molecule has 2 aromatic heterocycles. The number of thioether (sulfide) groups is 2. The Morgan fingerprint density at radius 1 is 0.738 bits per heavy atom. The lowest BCUT2D eigenvalue weighted by molar-refractivity contribution is -0.139. The summed E-state index contributed by atoms with van der Waals surface area (Å²) in [5.74, 6) is -2.23. The van der Waals surface area contributed by atoms with Crippen molar-refractivity contribution in [2.45, 2.75) is 74.6 Å². The van der Waals surface area contributed by atoms with E-state index in [1.54, 1.807) is 53.9 Å². The number of nitrogens with zero attached hydrogens (tertiary/aromatic N) is 2. The van der Waals surface area contributed by atoms with Crippen LogP contribution < -0.4 is 10.6 Å². The minimum atomic E-state index is -1.18. The van der Waals surface area contributed by atoms with Crippen molar-refractivity contribution < 1.29 is 38.9 Å². The first-order valence-electron chi connectivity index (χ1n) is 12.9. The molecule has 0 aliphatic carbocycles. The first-order valence-corrected chi connectivity index (χ1v) is 14.9. The molecule has 42 heavy (non-hydrogen) atoms. The van der Waals surface area contributed by atoms with E-state index < -0.39 is 47.4 Å². The zero-order valence-corrected chi connectivity index (χ0v) is 25.7. The second-order valence-corrected chi connectivity index (χ2v) is 13.4. The van der Waals surface area contributed by atoms with Crippen molar-refractivity contribution in [2.24, 2.45) is 0 Å². The van der Waals surface area contributed by atoms with E-state index in [0.717, 1.165) is 10.8 Å². The van der Waals surface area contributed by atoms with Crippen LogP contribution >= 0.6 is 23.5 Å². The number of carbonyl (C=O) groups is 4. The van der Waals surface area contributed by atoms with Crippen LogP contribution in [-0.2, 0) is 19.1 Å². The van der Waals surface area contributed by atoms with E-state index >= 15 is 0 Å². The number of ether oxygens (including phenoxy) is 2. The highest BCUT2D eigenvalue weighted by atomic mass is 32.2. The topological polar surface area (TPSA) is 177 Å². The molecule has 0 fully saturated rings. The lowest BCUT2D eigenvalue weighted by Gasteiger charge is -2.22. The maximum absolute atomic E-state index is 12.0. The molecule has 0 saturated heterocycles. The quantitative estimate of drug-likeness (QED) is 0.178. The van der Waals surface area contributed by atoms with E-state index in [-0.39, 0.29) is 11.5 Å². The SMILES string of the molecule is CC(C)(C)OC(=O)N[C@@H](CSc1cnc2c(ccc3cc(SC[C@H](NC(=O)OC(C)(C)C)C(=O)O)cnc32)c1)C(=O)O. The number of hydrogen-bond donors (Lipinski definition) is 4. The molecule has 12 nitrogen and oxygen atoms in total. The van der Waals surface area contributed by atoms with Gasteiger partial charge in [0.2, 0.25) is 0 Å². The van der Waals surface area contributed by atoms with E-state index in [2.05, 4.69) is 20.6 Å². The number of alkyl carbamates (subject to hydrolysis) is 2. The van der Waals surface area contributed by atoms with Crippen LogP contribution in [0.1, 0.15) is 41.5 Å². The van der Waals surface area contributed by atoms with Gasteiger partial charge in [-0.1, -0.05) is 12.1 Å². The summed E-state index contributed by atoms with van der Waals surface area (Å²) in [5, 5.41) is 25.4. The lowest BCUT2D eigenvalue weighted by atomic mass is 10.1. The van der Waals surface area contributed by atoms with Crippen molar-refractivity contribution in [3.8, 4) is 0 Å². The third kappa shape index (κ3) is 9.94. The molecule has 2 heterocycles. The van der Waals surface area contributed by atoms with Crippen molar-refractivity contribution in [1.82, 2.24) is 20.6 Å². The molecule has 0 aliphatic rings. The van der Waals surface area contributed by atoms with Gasteiger partial charge < -0.3 is 30.3 Å². The average Bonchev–Trinajstić information content (AvgIpc) is 2.86. The van der Waals surface area contributed by atoms with Gasteiger partial charge in [0, 0.05) is 44.5 Å². The molecule has 14 heteroatoms. The zero-order valence-electron chi connectivity index (χ0n) is 24.1. The van der Waals surface area contributed by atoms with Crippen LogP contribution in [-0.4, -0.2) is 79.1 Å². The van der Waals surface area contributed by atoms with Crippen LogP contribution in [0.5, 0.6) is 0 Å². The van der Waals surface area contributed by atoms with Gasteiger partial charge in [0.25, 0.3) is 0 Å². The van der Waals surface area contributed by atoms with Gasteiger partial charge in [0.15, 0.2) is 0 Å². The number of aliphatic carboxylic acids is 2. The number of benzene rings is 1. The fourth-order valence-corrected chi connectivity index (χ4v) is 5.36. The van der Waals surface area contributed by atoms with Crippen molar-refractivity contribution >= 4 is 69.5 Å². The molecule has 0 bridgehead atoms. The summed E-state index contributed by atoms with van der Waals surface area (Å²) in [6.07, 6.45) is 1.62. The number of fused-ring (bicyclic) bond motifs is 3. The van der Waals surface area contributed by atoms with E-state index in [0.29, 0.717) is 20.8 Å². The Morgan fingerprint density at radius 2 is 1.10 bits per heavy atom. The van der Waals surface area contributed by atoms with Gasteiger partial charge >= 0.3 is 24.1 Å². The molecular weight excluding hydrogens is 584 g/mol. The Bertz CT molecular complexity index is 1380. The molecule has 3 aromatic rings.